The molecule has 138 valence electrons. The van der Waals surface area contributed by atoms with E-state index in [-0.39, 0.29) is 0 Å². The van der Waals surface area contributed by atoms with Crippen molar-refractivity contribution in [1.82, 2.24) is 0 Å². The second-order valence-electron chi connectivity index (χ2n) is 8.08. The number of allylic oxidation sites excluding steroid dienone is 3. The lowest BCUT2D eigenvalue weighted by Gasteiger charge is -2.37. The summed E-state index contributed by atoms with van der Waals surface area (Å²) in [6.07, 6.45) is 25.9. The van der Waals surface area contributed by atoms with Gasteiger partial charge in [-0.05, 0) is 62.7 Å². The molecule has 1 nitrogen and oxygen atoms in total. The maximum atomic E-state index is 6.05. The molecule has 0 N–H and O–H groups in total. The van der Waals surface area contributed by atoms with E-state index >= 15 is 0 Å². The van der Waals surface area contributed by atoms with Crippen molar-refractivity contribution in [3.05, 3.63) is 24.3 Å². The summed E-state index contributed by atoms with van der Waals surface area (Å²) < 4.78 is 6.05. The highest BCUT2D eigenvalue weighted by Gasteiger charge is 2.30. The van der Waals surface area contributed by atoms with E-state index in [0.717, 1.165) is 24.4 Å². The highest BCUT2D eigenvalue weighted by atomic mass is 16.5. The molecule has 0 aromatic carbocycles. The van der Waals surface area contributed by atoms with Gasteiger partial charge in [0.1, 0.15) is 0 Å². The van der Waals surface area contributed by atoms with E-state index in [1.54, 1.807) is 0 Å². The van der Waals surface area contributed by atoms with Gasteiger partial charge in [-0.1, -0.05) is 70.3 Å². The Balaban J connectivity index is 1.57. The molecule has 2 aliphatic carbocycles. The molecule has 0 bridgehead atoms. The smallest absolute Gasteiger partial charge is 0.0654 e. The molecule has 0 heterocycles. The van der Waals surface area contributed by atoms with Crippen LogP contribution in [0, 0.1) is 17.8 Å². The van der Waals surface area contributed by atoms with Crippen LogP contribution in [0.1, 0.15) is 90.9 Å². The molecule has 2 fully saturated rings. The monoisotopic (exact) mass is 332 g/mol. The fourth-order valence-electron chi connectivity index (χ4n) is 4.75. The first-order valence-electron chi connectivity index (χ1n) is 10.8. The van der Waals surface area contributed by atoms with Crippen molar-refractivity contribution in [3.63, 3.8) is 0 Å². The summed E-state index contributed by atoms with van der Waals surface area (Å²) in [5, 5.41) is 0. The molecular weight excluding hydrogens is 292 g/mol. The molecule has 0 amide bonds. The lowest BCUT2D eigenvalue weighted by atomic mass is 9.70. The predicted molar refractivity (Wildman–Crippen MR) is 105 cm³/mol. The Morgan fingerprint density at radius 1 is 0.750 bits per heavy atom. The molecule has 1 heteroatoms. The highest BCUT2D eigenvalue weighted by molar-refractivity contribution is 5.02. The van der Waals surface area contributed by atoms with E-state index in [0.29, 0.717) is 6.10 Å². The second kappa shape index (κ2) is 11.9. The normalized spacial score (nSPS) is 31.9. The van der Waals surface area contributed by atoms with Crippen LogP contribution in [-0.2, 0) is 4.74 Å². The lowest BCUT2D eigenvalue weighted by Crippen LogP contribution is -2.28. The average Bonchev–Trinajstić information content (AvgIpc) is 2.62. The summed E-state index contributed by atoms with van der Waals surface area (Å²) in [5.41, 5.74) is 0. The van der Waals surface area contributed by atoms with Crippen LogP contribution in [0.15, 0.2) is 24.3 Å². The second-order valence-corrected chi connectivity index (χ2v) is 8.08. The molecule has 0 saturated heterocycles. The number of hydrogen-bond donors (Lipinski definition) is 0. The fraction of sp³-hybridized carbons (Fsp3) is 0.826. The van der Waals surface area contributed by atoms with Gasteiger partial charge >= 0.3 is 0 Å². The van der Waals surface area contributed by atoms with E-state index < -0.39 is 0 Å². The van der Waals surface area contributed by atoms with Gasteiger partial charge in [-0.2, -0.15) is 0 Å². The summed E-state index contributed by atoms with van der Waals surface area (Å²) in [6.45, 7) is 5.34. The van der Waals surface area contributed by atoms with Crippen molar-refractivity contribution < 1.29 is 4.74 Å². The molecule has 0 unspecified atom stereocenters. The van der Waals surface area contributed by atoms with Gasteiger partial charge in [0, 0.05) is 0 Å². The zero-order valence-electron chi connectivity index (χ0n) is 16.2. The van der Waals surface area contributed by atoms with Gasteiger partial charge in [-0.3, -0.25) is 0 Å². The topological polar surface area (TPSA) is 9.23 Å². The van der Waals surface area contributed by atoms with Gasteiger partial charge in [0.05, 0.1) is 12.7 Å². The standard InChI is InChI=1S/C23H40O/c1-3-5-6-7-8-9-19-24-23-17-15-22(16-18-23)21-13-11-20(10-4-2)12-14-21/h6-9,20-23H,3-5,10-19H2,1-2H3. The van der Waals surface area contributed by atoms with Gasteiger partial charge in [0.25, 0.3) is 0 Å². The first-order chi connectivity index (χ1) is 11.8. The van der Waals surface area contributed by atoms with Gasteiger partial charge in [0.2, 0.25) is 0 Å². The number of ether oxygens (including phenoxy) is 1. The highest BCUT2D eigenvalue weighted by Crippen LogP contribution is 2.41. The maximum Gasteiger partial charge on any atom is 0.0654 e. The Labute approximate surface area is 150 Å². The first-order valence-corrected chi connectivity index (χ1v) is 10.8. The van der Waals surface area contributed by atoms with Crippen LogP contribution in [0.2, 0.25) is 0 Å². The third-order valence-corrected chi connectivity index (χ3v) is 6.24. The van der Waals surface area contributed by atoms with Crippen molar-refractivity contribution in [2.24, 2.45) is 17.8 Å². The number of rotatable bonds is 9. The Kier molecular flexibility index (Phi) is 9.80. The third-order valence-electron chi connectivity index (χ3n) is 6.24. The molecule has 0 aliphatic heterocycles. The maximum absolute atomic E-state index is 6.05. The lowest BCUT2D eigenvalue weighted by molar-refractivity contribution is 0.0210. The van der Waals surface area contributed by atoms with Gasteiger partial charge in [-0.25, -0.2) is 0 Å². The van der Waals surface area contributed by atoms with E-state index in [1.165, 1.54) is 77.0 Å². The minimum Gasteiger partial charge on any atom is -0.374 e. The quantitative estimate of drug-likeness (QED) is 0.410. The largest absolute Gasteiger partial charge is 0.374 e. The summed E-state index contributed by atoms with van der Waals surface area (Å²) in [4.78, 5) is 0. The zero-order valence-corrected chi connectivity index (χ0v) is 16.2. The van der Waals surface area contributed by atoms with Gasteiger partial charge < -0.3 is 4.74 Å². The molecule has 0 aromatic heterocycles. The van der Waals surface area contributed by atoms with Crippen molar-refractivity contribution >= 4 is 0 Å². The van der Waals surface area contributed by atoms with E-state index in [9.17, 15) is 0 Å². The molecule has 2 rings (SSSR count). The predicted octanol–water partition coefficient (Wildman–Crippen LogP) is 7.08. The van der Waals surface area contributed by atoms with E-state index in [2.05, 4.69) is 38.2 Å². The summed E-state index contributed by atoms with van der Waals surface area (Å²) in [7, 11) is 0. The Morgan fingerprint density at radius 2 is 1.38 bits per heavy atom. The van der Waals surface area contributed by atoms with Crippen molar-refractivity contribution in [1.29, 1.82) is 0 Å². The summed E-state index contributed by atoms with van der Waals surface area (Å²) in [5.74, 6) is 3.08. The van der Waals surface area contributed by atoms with Crippen LogP contribution >= 0.6 is 0 Å². The van der Waals surface area contributed by atoms with Crippen LogP contribution in [-0.4, -0.2) is 12.7 Å². The van der Waals surface area contributed by atoms with E-state index in [1.807, 2.05) is 0 Å². The fourth-order valence-corrected chi connectivity index (χ4v) is 4.75. The molecule has 0 radical (unpaired) electrons. The Bertz CT molecular complexity index is 354. The summed E-state index contributed by atoms with van der Waals surface area (Å²) >= 11 is 0. The number of hydrogen-bond acceptors (Lipinski definition) is 1. The van der Waals surface area contributed by atoms with Crippen LogP contribution < -0.4 is 0 Å². The molecule has 2 saturated carbocycles. The molecule has 0 spiro atoms. The van der Waals surface area contributed by atoms with Gasteiger partial charge in [0.15, 0.2) is 0 Å². The number of unbranched alkanes of at least 4 members (excludes halogenated alkanes) is 1. The minimum atomic E-state index is 0.516. The van der Waals surface area contributed by atoms with Crippen molar-refractivity contribution in [2.45, 2.75) is 97.0 Å². The molecular formula is C23H40O. The SMILES string of the molecule is CCCC=CC=CCOC1CCC(C2CCC(CCC)CC2)CC1. The van der Waals surface area contributed by atoms with E-state index in [4.69, 9.17) is 4.74 Å². The minimum absolute atomic E-state index is 0.516. The molecule has 2 aliphatic rings. The van der Waals surface area contributed by atoms with Crippen LogP contribution in [0.5, 0.6) is 0 Å². The van der Waals surface area contributed by atoms with Crippen LogP contribution in [0.3, 0.4) is 0 Å². The molecule has 0 aromatic rings. The first kappa shape index (κ1) is 19.8. The van der Waals surface area contributed by atoms with Crippen LogP contribution in [0.4, 0.5) is 0 Å². The average molecular weight is 333 g/mol. The Hall–Kier alpha value is -0.560. The third kappa shape index (κ3) is 7.13. The summed E-state index contributed by atoms with van der Waals surface area (Å²) in [6, 6.07) is 0. The van der Waals surface area contributed by atoms with Crippen molar-refractivity contribution in [2.75, 3.05) is 6.61 Å². The molecule has 24 heavy (non-hydrogen) atoms. The van der Waals surface area contributed by atoms with Crippen LogP contribution in [0.25, 0.3) is 0 Å². The molecule has 0 atom stereocenters. The Morgan fingerprint density at radius 3 is 2.00 bits per heavy atom. The van der Waals surface area contributed by atoms with Gasteiger partial charge in [-0.15, -0.1) is 0 Å². The van der Waals surface area contributed by atoms with Crippen molar-refractivity contribution in [3.8, 4) is 0 Å². The zero-order chi connectivity index (χ0) is 17.0.